The van der Waals surface area contributed by atoms with Crippen molar-refractivity contribution in [3.05, 3.63) is 12.3 Å². The van der Waals surface area contributed by atoms with Crippen LogP contribution >= 0.6 is 0 Å². The number of hydrogen-bond acceptors (Lipinski definition) is 5. The Labute approximate surface area is 107 Å². The molecule has 0 fully saturated rings. The first-order chi connectivity index (χ1) is 8.25. The van der Waals surface area contributed by atoms with E-state index in [0.717, 1.165) is 0 Å². The largest absolute Gasteiger partial charge is 0.480 e. The maximum absolute atomic E-state index is 11.2. The van der Waals surface area contributed by atoms with Crippen molar-refractivity contribution < 1.29 is 14.6 Å². The van der Waals surface area contributed by atoms with Gasteiger partial charge in [-0.25, -0.2) is 9.78 Å². The summed E-state index contributed by atoms with van der Waals surface area (Å²) < 4.78 is 5.45. The second kappa shape index (κ2) is 5.20. The fraction of sp³-hybridized carbons (Fsp3) is 0.583. The average Bonchev–Trinajstić information content (AvgIpc) is 2.27. The topological polar surface area (TPSA) is 75.5 Å². The molecule has 1 N–H and O–H groups in total. The highest BCUT2D eigenvalue weighted by molar-refractivity contribution is 5.81. The van der Waals surface area contributed by atoms with Gasteiger partial charge in [-0.15, -0.1) is 0 Å². The molecule has 1 heterocycles. The van der Waals surface area contributed by atoms with Gasteiger partial charge in [0.05, 0.1) is 6.10 Å². The lowest BCUT2D eigenvalue weighted by Crippen LogP contribution is -2.48. The van der Waals surface area contributed by atoms with Gasteiger partial charge in [0.1, 0.15) is 5.54 Å². The average molecular weight is 253 g/mol. The maximum Gasteiger partial charge on any atom is 0.329 e. The SMILES string of the molecule is CC(C)Oc1ccnc(N(C)C(C)(C)C(=O)O)n1. The Bertz CT molecular complexity index is 432. The molecule has 0 bridgehead atoms. The molecule has 1 aromatic rings. The van der Waals surface area contributed by atoms with Crippen LogP contribution in [0.2, 0.25) is 0 Å². The predicted molar refractivity (Wildman–Crippen MR) is 67.9 cm³/mol. The van der Waals surface area contributed by atoms with E-state index in [2.05, 4.69) is 9.97 Å². The van der Waals surface area contributed by atoms with E-state index in [9.17, 15) is 4.79 Å². The number of rotatable bonds is 5. The van der Waals surface area contributed by atoms with E-state index in [0.29, 0.717) is 11.8 Å². The van der Waals surface area contributed by atoms with Gasteiger partial charge >= 0.3 is 5.97 Å². The van der Waals surface area contributed by atoms with Crippen LogP contribution in [0, 0.1) is 0 Å². The van der Waals surface area contributed by atoms with Crippen molar-refractivity contribution in [1.29, 1.82) is 0 Å². The first-order valence-corrected chi connectivity index (χ1v) is 5.72. The van der Waals surface area contributed by atoms with Gasteiger partial charge in [-0.05, 0) is 27.7 Å². The molecule has 0 radical (unpaired) electrons. The zero-order valence-electron chi connectivity index (χ0n) is 11.3. The van der Waals surface area contributed by atoms with Gasteiger partial charge in [0.2, 0.25) is 11.8 Å². The number of carbonyl (C=O) groups is 1. The molecule has 0 atom stereocenters. The molecule has 0 aliphatic rings. The van der Waals surface area contributed by atoms with E-state index in [1.54, 1.807) is 33.2 Å². The number of nitrogens with zero attached hydrogens (tertiary/aromatic N) is 3. The lowest BCUT2D eigenvalue weighted by Gasteiger charge is -2.31. The Morgan fingerprint density at radius 1 is 1.50 bits per heavy atom. The van der Waals surface area contributed by atoms with Crippen LogP contribution in [-0.2, 0) is 4.79 Å². The van der Waals surface area contributed by atoms with Gasteiger partial charge < -0.3 is 14.7 Å². The quantitative estimate of drug-likeness (QED) is 0.858. The molecular weight excluding hydrogens is 234 g/mol. The predicted octanol–water partition coefficient (Wildman–Crippen LogP) is 1.56. The first-order valence-electron chi connectivity index (χ1n) is 5.72. The van der Waals surface area contributed by atoms with Crippen molar-refractivity contribution in [2.45, 2.75) is 39.3 Å². The summed E-state index contributed by atoms with van der Waals surface area (Å²) in [6.45, 7) is 6.97. The summed E-state index contributed by atoms with van der Waals surface area (Å²) >= 11 is 0. The Morgan fingerprint density at radius 2 is 2.11 bits per heavy atom. The second-order valence-electron chi connectivity index (χ2n) is 4.78. The molecule has 0 saturated carbocycles. The van der Waals surface area contributed by atoms with Crippen molar-refractivity contribution in [3.63, 3.8) is 0 Å². The number of aliphatic carboxylic acids is 1. The van der Waals surface area contributed by atoms with Gasteiger partial charge in [-0.3, -0.25) is 0 Å². The van der Waals surface area contributed by atoms with Gasteiger partial charge in [0, 0.05) is 19.3 Å². The summed E-state index contributed by atoms with van der Waals surface area (Å²) in [5, 5.41) is 9.16. The lowest BCUT2D eigenvalue weighted by atomic mass is 10.1. The van der Waals surface area contributed by atoms with Crippen LogP contribution in [0.5, 0.6) is 5.88 Å². The molecule has 0 saturated heterocycles. The third-order valence-corrected chi connectivity index (χ3v) is 2.64. The smallest absolute Gasteiger partial charge is 0.329 e. The summed E-state index contributed by atoms with van der Waals surface area (Å²) in [7, 11) is 1.64. The van der Waals surface area contributed by atoms with E-state index in [1.807, 2.05) is 13.8 Å². The molecule has 100 valence electrons. The van der Waals surface area contributed by atoms with Crippen LogP contribution in [0.1, 0.15) is 27.7 Å². The van der Waals surface area contributed by atoms with E-state index in [1.165, 1.54) is 4.90 Å². The maximum atomic E-state index is 11.2. The summed E-state index contributed by atoms with van der Waals surface area (Å²) in [6, 6.07) is 1.64. The molecule has 1 rings (SSSR count). The highest BCUT2D eigenvalue weighted by Gasteiger charge is 2.33. The Balaban J connectivity index is 2.99. The molecule has 6 nitrogen and oxygen atoms in total. The van der Waals surface area contributed by atoms with Crippen molar-refractivity contribution in [2.24, 2.45) is 0 Å². The van der Waals surface area contributed by atoms with Crippen molar-refractivity contribution in [2.75, 3.05) is 11.9 Å². The van der Waals surface area contributed by atoms with Crippen molar-refractivity contribution >= 4 is 11.9 Å². The Kier molecular flexibility index (Phi) is 4.11. The summed E-state index contributed by atoms with van der Waals surface area (Å²) in [5.41, 5.74) is -1.09. The standard InChI is InChI=1S/C12H19N3O3/c1-8(2)18-9-6-7-13-11(14-9)15(5)12(3,4)10(16)17/h6-8H,1-5H3,(H,16,17). The number of likely N-dealkylation sites (N-methyl/N-ethyl adjacent to an activating group) is 1. The van der Waals surface area contributed by atoms with E-state index < -0.39 is 11.5 Å². The van der Waals surface area contributed by atoms with Gasteiger partial charge in [-0.1, -0.05) is 0 Å². The van der Waals surface area contributed by atoms with Crippen molar-refractivity contribution in [1.82, 2.24) is 9.97 Å². The van der Waals surface area contributed by atoms with Crippen LogP contribution in [-0.4, -0.2) is 39.7 Å². The van der Waals surface area contributed by atoms with Gasteiger partial charge in [0.25, 0.3) is 0 Å². The molecule has 0 aliphatic heterocycles. The monoisotopic (exact) mass is 253 g/mol. The minimum Gasteiger partial charge on any atom is -0.480 e. The Hall–Kier alpha value is -1.85. The zero-order valence-corrected chi connectivity index (χ0v) is 11.3. The molecule has 1 aromatic heterocycles. The molecule has 18 heavy (non-hydrogen) atoms. The minimum atomic E-state index is -1.09. The molecule has 0 spiro atoms. The highest BCUT2D eigenvalue weighted by atomic mass is 16.5. The lowest BCUT2D eigenvalue weighted by molar-refractivity contribution is -0.142. The minimum absolute atomic E-state index is 0.00513. The third-order valence-electron chi connectivity index (χ3n) is 2.64. The number of ether oxygens (including phenoxy) is 1. The molecular formula is C12H19N3O3. The van der Waals surface area contributed by atoms with Crippen molar-refractivity contribution in [3.8, 4) is 5.88 Å². The van der Waals surface area contributed by atoms with E-state index in [-0.39, 0.29) is 6.10 Å². The summed E-state index contributed by atoms with van der Waals surface area (Å²) in [6.07, 6.45) is 1.56. The second-order valence-corrected chi connectivity index (χ2v) is 4.78. The molecule has 6 heteroatoms. The highest BCUT2D eigenvalue weighted by Crippen LogP contribution is 2.20. The van der Waals surface area contributed by atoms with Crippen LogP contribution in [0.25, 0.3) is 0 Å². The molecule has 0 aliphatic carbocycles. The van der Waals surface area contributed by atoms with E-state index in [4.69, 9.17) is 9.84 Å². The number of carboxylic acids is 1. The summed E-state index contributed by atoms with van der Waals surface area (Å²) in [5.74, 6) is -0.188. The van der Waals surface area contributed by atoms with Crippen LogP contribution in [0.3, 0.4) is 0 Å². The number of aromatic nitrogens is 2. The van der Waals surface area contributed by atoms with Crippen LogP contribution in [0.4, 0.5) is 5.95 Å². The first kappa shape index (κ1) is 14.2. The molecule has 0 amide bonds. The normalized spacial score (nSPS) is 11.4. The van der Waals surface area contributed by atoms with Crippen LogP contribution in [0.15, 0.2) is 12.3 Å². The number of anilines is 1. The van der Waals surface area contributed by atoms with Gasteiger partial charge in [0.15, 0.2) is 0 Å². The summed E-state index contributed by atoms with van der Waals surface area (Å²) in [4.78, 5) is 20.9. The number of carboxylic acid groups (broad SMARTS) is 1. The van der Waals surface area contributed by atoms with Gasteiger partial charge in [-0.2, -0.15) is 4.98 Å². The molecule has 0 unspecified atom stereocenters. The fourth-order valence-corrected chi connectivity index (χ4v) is 1.19. The number of hydrogen-bond donors (Lipinski definition) is 1. The Morgan fingerprint density at radius 3 is 2.61 bits per heavy atom. The molecule has 0 aromatic carbocycles. The zero-order chi connectivity index (χ0) is 13.9. The van der Waals surface area contributed by atoms with Crippen LogP contribution < -0.4 is 9.64 Å². The van der Waals surface area contributed by atoms with E-state index >= 15 is 0 Å². The fourth-order valence-electron chi connectivity index (χ4n) is 1.19. The third kappa shape index (κ3) is 3.09.